The lowest BCUT2D eigenvalue weighted by Crippen LogP contribution is -1.95. The number of nitrogens with zero attached hydrogens (tertiary/aromatic N) is 1. The first-order valence-corrected chi connectivity index (χ1v) is 7.40. The van der Waals surface area contributed by atoms with Gasteiger partial charge in [0.1, 0.15) is 0 Å². The molecule has 0 bridgehead atoms. The molecule has 84 valence electrons. The Labute approximate surface area is 97.4 Å². The molecule has 16 heavy (non-hydrogen) atoms. The van der Waals surface area contributed by atoms with Gasteiger partial charge in [-0.05, 0) is 19.1 Å². The van der Waals surface area contributed by atoms with Crippen molar-refractivity contribution in [3.8, 4) is 0 Å². The zero-order chi connectivity index (χ0) is 11.6. The van der Waals surface area contributed by atoms with Crippen molar-refractivity contribution in [1.82, 2.24) is 9.97 Å². The van der Waals surface area contributed by atoms with Gasteiger partial charge in [-0.3, -0.25) is 0 Å². The van der Waals surface area contributed by atoms with Crippen LogP contribution < -0.4 is 0 Å². The molecule has 1 heterocycles. The Kier molecular flexibility index (Phi) is 3.02. The Morgan fingerprint density at radius 3 is 2.50 bits per heavy atom. The minimum Gasteiger partial charge on any atom is -0.339 e. The van der Waals surface area contributed by atoms with E-state index < -0.39 is 8.87 Å². The summed E-state index contributed by atoms with van der Waals surface area (Å²) in [5, 5.41) is 0.376. The van der Waals surface area contributed by atoms with Crippen molar-refractivity contribution in [2.75, 3.05) is 0 Å². The summed E-state index contributed by atoms with van der Waals surface area (Å²) in [4.78, 5) is 6.91. The van der Waals surface area contributed by atoms with Gasteiger partial charge < -0.3 is 4.98 Å². The monoisotopic (exact) mass is 254 g/mol. The van der Waals surface area contributed by atoms with Gasteiger partial charge in [0, 0.05) is 23.2 Å². The van der Waals surface area contributed by atoms with Gasteiger partial charge in [0.05, 0.1) is 4.90 Å². The summed E-state index contributed by atoms with van der Waals surface area (Å²) in [6.45, 7) is 1.91. The second kappa shape index (κ2) is 4.31. The quantitative estimate of drug-likeness (QED) is 0.853. The number of benzene rings is 1. The van der Waals surface area contributed by atoms with Gasteiger partial charge in [-0.1, -0.05) is 17.7 Å². The number of H-pyrrole nitrogens is 1. The number of aromatic nitrogens is 2. The molecule has 0 aliphatic carbocycles. The van der Waals surface area contributed by atoms with Gasteiger partial charge in [-0.25, -0.2) is 13.4 Å². The van der Waals surface area contributed by atoms with Crippen LogP contribution in [0.1, 0.15) is 5.56 Å². The molecule has 2 rings (SSSR count). The molecular formula is C10H10N2O2S2. The van der Waals surface area contributed by atoms with E-state index in [4.69, 9.17) is 0 Å². The molecule has 2 aromatic rings. The van der Waals surface area contributed by atoms with Crippen LogP contribution in [0, 0.1) is 6.92 Å². The Hall–Kier alpha value is -1.27. The maximum Gasteiger partial charge on any atom is 0.237 e. The third-order valence-corrected chi connectivity index (χ3v) is 5.13. The Bertz CT molecular complexity index is 559. The maximum atomic E-state index is 11.9. The van der Waals surface area contributed by atoms with E-state index in [0.29, 0.717) is 10.1 Å². The summed E-state index contributed by atoms with van der Waals surface area (Å²) in [5.41, 5.74) is 1.03. The number of hydrogen-bond acceptors (Lipinski definition) is 4. The highest BCUT2D eigenvalue weighted by Gasteiger charge is 2.17. The van der Waals surface area contributed by atoms with E-state index >= 15 is 0 Å². The minimum absolute atomic E-state index is 0.291. The van der Waals surface area contributed by atoms with E-state index in [0.717, 1.165) is 16.4 Å². The van der Waals surface area contributed by atoms with Crippen LogP contribution in [0.25, 0.3) is 0 Å². The Morgan fingerprint density at radius 2 is 1.94 bits per heavy atom. The summed E-state index contributed by atoms with van der Waals surface area (Å²) >= 11 is 0. The number of nitrogens with one attached hydrogen (secondary N) is 1. The SMILES string of the molecule is Cc1ccc(S(=O)(=O)Sc2ncc[nH]2)cc1. The summed E-state index contributed by atoms with van der Waals surface area (Å²) in [6, 6.07) is 6.74. The van der Waals surface area contributed by atoms with Gasteiger partial charge in [0.15, 0.2) is 5.16 Å². The van der Waals surface area contributed by atoms with Crippen LogP contribution in [-0.4, -0.2) is 18.4 Å². The van der Waals surface area contributed by atoms with Gasteiger partial charge in [-0.2, -0.15) is 0 Å². The number of rotatable bonds is 3. The molecule has 0 unspecified atom stereocenters. The smallest absolute Gasteiger partial charge is 0.237 e. The number of aryl methyl sites for hydroxylation is 1. The molecule has 0 aliphatic heterocycles. The van der Waals surface area contributed by atoms with Crippen molar-refractivity contribution in [3.63, 3.8) is 0 Å². The van der Waals surface area contributed by atoms with Crippen LogP contribution in [0.15, 0.2) is 46.7 Å². The fraction of sp³-hybridized carbons (Fsp3) is 0.100. The summed E-state index contributed by atoms with van der Waals surface area (Å²) in [7, 11) is -2.66. The van der Waals surface area contributed by atoms with Gasteiger partial charge in [0.2, 0.25) is 8.87 Å². The largest absolute Gasteiger partial charge is 0.339 e. The average molecular weight is 254 g/mol. The third kappa shape index (κ3) is 2.45. The van der Waals surface area contributed by atoms with Crippen molar-refractivity contribution in [3.05, 3.63) is 42.2 Å². The van der Waals surface area contributed by atoms with E-state index in [2.05, 4.69) is 9.97 Å². The lowest BCUT2D eigenvalue weighted by atomic mass is 10.2. The predicted molar refractivity (Wildman–Crippen MR) is 62.8 cm³/mol. The van der Waals surface area contributed by atoms with Crippen molar-refractivity contribution in [1.29, 1.82) is 0 Å². The standard InChI is InChI=1S/C10H10N2O2S2/c1-8-2-4-9(5-3-8)16(13,14)15-10-11-6-7-12-10/h2-7H,1H3,(H,11,12). The molecule has 6 heteroatoms. The van der Waals surface area contributed by atoms with Crippen molar-refractivity contribution in [2.45, 2.75) is 17.0 Å². The first-order chi connectivity index (χ1) is 7.58. The van der Waals surface area contributed by atoms with Crippen LogP contribution in [0.2, 0.25) is 0 Å². The highest BCUT2D eigenvalue weighted by atomic mass is 33.1. The Morgan fingerprint density at radius 1 is 1.25 bits per heavy atom. The molecule has 0 spiro atoms. The van der Waals surface area contributed by atoms with Crippen molar-refractivity contribution >= 4 is 19.7 Å². The lowest BCUT2D eigenvalue weighted by Gasteiger charge is -2.01. The van der Waals surface area contributed by atoms with E-state index in [1.54, 1.807) is 30.5 Å². The molecule has 0 fully saturated rings. The van der Waals surface area contributed by atoms with Crippen LogP contribution in [0.4, 0.5) is 0 Å². The molecule has 4 nitrogen and oxygen atoms in total. The molecule has 0 radical (unpaired) electrons. The molecule has 1 N–H and O–H groups in total. The molecule has 1 aromatic carbocycles. The van der Waals surface area contributed by atoms with E-state index in [1.807, 2.05) is 6.92 Å². The maximum absolute atomic E-state index is 11.9. The average Bonchev–Trinajstić information content (AvgIpc) is 2.70. The lowest BCUT2D eigenvalue weighted by molar-refractivity contribution is 0.610. The fourth-order valence-corrected chi connectivity index (χ4v) is 3.67. The topological polar surface area (TPSA) is 62.8 Å². The van der Waals surface area contributed by atoms with Gasteiger partial charge >= 0.3 is 0 Å². The number of imidazole rings is 1. The normalized spacial score (nSPS) is 11.6. The minimum atomic E-state index is -3.38. The highest BCUT2D eigenvalue weighted by molar-refractivity contribution is 8.72. The number of hydrogen-bond donors (Lipinski definition) is 1. The molecule has 0 saturated heterocycles. The summed E-state index contributed by atoms with van der Waals surface area (Å²) < 4.78 is 23.8. The first kappa shape index (κ1) is 11.2. The second-order valence-electron chi connectivity index (χ2n) is 3.24. The summed E-state index contributed by atoms with van der Waals surface area (Å²) in [5.74, 6) is 0. The van der Waals surface area contributed by atoms with Crippen LogP contribution >= 0.6 is 10.8 Å². The zero-order valence-electron chi connectivity index (χ0n) is 8.54. The van der Waals surface area contributed by atoms with Crippen LogP contribution in [-0.2, 0) is 8.87 Å². The van der Waals surface area contributed by atoms with E-state index in [1.165, 1.54) is 6.20 Å². The molecule has 0 aliphatic rings. The summed E-state index contributed by atoms with van der Waals surface area (Å²) in [6.07, 6.45) is 3.11. The van der Waals surface area contributed by atoms with Crippen LogP contribution in [0.5, 0.6) is 0 Å². The van der Waals surface area contributed by atoms with Gasteiger partial charge in [-0.15, -0.1) is 0 Å². The van der Waals surface area contributed by atoms with E-state index in [-0.39, 0.29) is 0 Å². The molecule has 0 saturated carbocycles. The van der Waals surface area contributed by atoms with Crippen LogP contribution in [0.3, 0.4) is 0 Å². The molecule has 1 aromatic heterocycles. The molecule has 0 amide bonds. The van der Waals surface area contributed by atoms with E-state index in [9.17, 15) is 8.42 Å². The highest BCUT2D eigenvalue weighted by Crippen LogP contribution is 2.28. The fourth-order valence-electron chi connectivity index (χ4n) is 1.15. The second-order valence-corrected chi connectivity index (χ2v) is 6.99. The van der Waals surface area contributed by atoms with Crippen molar-refractivity contribution in [2.24, 2.45) is 0 Å². The molecular weight excluding hydrogens is 244 g/mol. The third-order valence-electron chi connectivity index (χ3n) is 1.97. The van der Waals surface area contributed by atoms with Crippen molar-refractivity contribution < 1.29 is 8.42 Å². The molecule has 0 atom stereocenters. The van der Waals surface area contributed by atoms with Gasteiger partial charge in [0.25, 0.3) is 0 Å². The Balaban J connectivity index is 2.29. The first-order valence-electron chi connectivity index (χ1n) is 4.58. The zero-order valence-corrected chi connectivity index (χ0v) is 10.2. The predicted octanol–water partition coefficient (Wildman–Crippen LogP) is 2.20. The number of aromatic amines is 1.